The summed E-state index contributed by atoms with van der Waals surface area (Å²) in [5.74, 6) is 1.12. The van der Waals surface area contributed by atoms with Gasteiger partial charge in [0.1, 0.15) is 5.75 Å². The van der Waals surface area contributed by atoms with Crippen LogP contribution in [-0.2, 0) is 9.59 Å². The van der Waals surface area contributed by atoms with Crippen molar-refractivity contribution < 1.29 is 14.3 Å². The average Bonchev–Trinajstić information content (AvgIpc) is 2.94. The number of carbonyl (C=O) groups is 2. The van der Waals surface area contributed by atoms with E-state index in [2.05, 4.69) is 10.6 Å². The zero-order valence-corrected chi connectivity index (χ0v) is 14.9. The molecule has 0 heterocycles. The summed E-state index contributed by atoms with van der Waals surface area (Å²) in [5.41, 5.74) is 2.77. The van der Waals surface area contributed by atoms with E-state index in [9.17, 15) is 9.59 Å². The van der Waals surface area contributed by atoms with Crippen molar-refractivity contribution in [2.45, 2.75) is 51.5 Å². The van der Waals surface area contributed by atoms with E-state index in [4.69, 9.17) is 4.74 Å². The maximum atomic E-state index is 12.5. The Morgan fingerprint density at radius 1 is 1.16 bits per heavy atom. The summed E-state index contributed by atoms with van der Waals surface area (Å²) in [6.07, 6.45) is 5.12. The predicted molar refractivity (Wildman–Crippen MR) is 97.4 cm³/mol. The second kappa shape index (κ2) is 7.72. The molecule has 2 aliphatic rings. The van der Waals surface area contributed by atoms with Crippen molar-refractivity contribution in [1.29, 1.82) is 0 Å². The Balaban J connectivity index is 1.50. The molecule has 1 amide bonds. The Kier molecular flexibility index (Phi) is 5.41. The number of ether oxygens (including phenoxy) is 1. The van der Waals surface area contributed by atoms with Crippen LogP contribution in [0.15, 0.2) is 35.5 Å². The van der Waals surface area contributed by atoms with Crippen molar-refractivity contribution in [1.82, 2.24) is 5.32 Å². The van der Waals surface area contributed by atoms with Crippen molar-refractivity contribution in [3.8, 4) is 5.75 Å². The van der Waals surface area contributed by atoms with E-state index >= 15 is 0 Å². The normalized spacial score (nSPS) is 23.5. The molecule has 0 unspecified atom stereocenters. The van der Waals surface area contributed by atoms with E-state index in [1.165, 1.54) is 0 Å². The van der Waals surface area contributed by atoms with E-state index in [0.717, 1.165) is 54.8 Å². The fourth-order valence-electron chi connectivity index (χ4n) is 3.65. The number of methoxy groups -OCH3 is 1. The van der Waals surface area contributed by atoms with Gasteiger partial charge in [-0.2, -0.15) is 0 Å². The van der Waals surface area contributed by atoms with Gasteiger partial charge < -0.3 is 15.4 Å². The van der Waals surface area contributed by atoms with Crippen LogP contribution in [0.4, 0.5) is 5.69 Å². The zero-order chi connectivity index (χ0) is 17.8. The molecule has 1 aromatic carbocycles. The number of hydrogen-bond donors (Lipinski definition) is 2. The Bertz CT molecular complexity index is 688. The van der Waals surface area contributed by atoms with Gasteiger partial charge in [0.2, 0.25) is 5.91 Å². The van der Waals surface area contributed by atoms with E-state index in [-0.39, 0.29) is 17.6 Å². The van der Waals surface area contributed by atoms with E-state index in [0.29, 0.717) is 12.5 Å². The van der Waals surface area contributed by atoms with Gasteiger partial charge >= 0.3 is 0 Å². The minimum atomic E-state index is 0.0459. The lowest BCUT2D eigenvalue weighted by molar-refractivity contribution is -0.120. The van der Waals surface area contributed by atoms with Crippen LogP contribution in [-0.4, -0.2) is 24.8 Å². The van der Waals surface area contributed by atoms with Crippen LogP contribution in [0.3, 0.4) is 0 Å². The number of anilines is 1. The Morgan fingerprint density at radius 3 is 2.56 bits per heavy atom. The lowest BCUT2D eigenvalue weighted by atomic mass is 9.85. The molecule has 0 aromatic heterocycles. The number of amides is 1. The van der Waals surface area contributed by atoms with Gasteiger partial charge in [-0.3, -0.25) is 9.59 Å². The first kappa shape index (κ1) is 17.5. The van der Waals surface area contributed by atoms with Crippen LogP contribution in [0.1, 0.15) is 45.4 Å². The lowest BCUT2D eigenvalue weighted by Gasteiger charge is -2.29. The number of nitrogens with one attached hydrogen (secondary N) is 2. The molecule has 5 nitrogen and oxygen atoms in total. The van der Waals surface area contributed by atoms with Gasteiger partial charge in [0, 0.05) is 41.4 Å². The van der Waals surface area contributed by atoms with Gasteiger partial charge in [0.05, 0.1) is 7.11 Å². The summed E-state index contributed by atoms with van der Waals surface area (Å²) in [4.78, 5) is 24.1. The SMILES string of the molecule is COc1cccc(NC(=O)[C@H]2CC[C@H](NC3=C(C)C(=O)CC3)CC2)c1. The highest BCUT2D eigenvalue weighted by atomic mass is 16.5. The lowest BCUT2D eigenvalue weighted by Crippen LogP contribution is -2.36. The molecule has 0 radical (unpaired) electrons. The predicted octanol–water partition coefficient (Wildman–Crippen LogP) is 3.42. The number of rotatable bonds is 5. The van der Waals surface area contributed by atoms with Crippen molar-refractivity contribution in [2.75, 3.05) is 12.4 Å². The molecule has 0 atom stereocenters. The summed E-state index contributed by atoms with van der Waals surface area (Å²) in [5, 5.41) is 6.53. The molecule has 0 aliphatic heterocycles. The average molecular weight is 342 g/mol. The van der Waals surface area contributed by atoms with Crippen LogP contribution in [0.25, 0.3) is 0 Å². The largest absolute Gasteiger partial charge is 0.497 e. The fourth-order valence-corrected chi connectivity index (χ4v) is 3.65. The van der Waals surface area contributed by atoms with Crippen LogP contribution in [0.5, 0.6) is 5.75 Å². The van der Waals surface area contributed by atoms with Crippen molar-refractivity contribution in [3.05, 3.63) is 35.5 Å². The van der Waals surface area contributed by atoms with Crippen LogP contribution < -0.4 is 15.4 Å². The highest BCUT2D eigenvalue weighted by Gasteiger charge is 2.28. The van der Waals surface area contributed by atoms with Gasteiger partial charge in [-0.1, -0.05) is 6.07 Å². The smallest absolute Gasteiger partial charge is 0.227 e. The van der Waals surface area contributed by atoms with Gasteiger partial charge in [0.15, 0.2) is 5.78 Å². The topological polar surface area (TPSA) is 67.4 Å². The molecule has 1 aromatic rings. The summed E-state index contributed by atoms with van der Waals surface area (Å²) >= 11 is 0. The fraction of sp³-hybridized carbons (Fsp3) is 0.500. The standard InChI is InChI=1S/C20H26N2O3/c1-13-18(10-11-19(13)23)21-15-8-6-14(7-9-15)20(24)22-16-4-3-5-17(12-16)25-2/h3-5,12,14-15,21H,6-11H2,1-2H3,(H,22,24)/t14-,15-. The molecule has 0 bridgehead atoms. The molecule has 134 valence electrons. The minimum Gasteiger partial charge on any atom is -0.497 e. The number of Topliss-reactive ketones (excluding diaryl/α,β-unsaturated/α-hetero) is 1. The first-order valence-electron chi connectivity index (χ1n) is 9.01. The molecule has 2 aliphatic carbocycles. The second-order valence-electron chi connectivity index (χ2n) is 6.94. The first-order valence-corrected chi connectivity index (χ1v) is 9.01. The summed E-state index contributed by atoms with van der Waals surface area (Å²) in [6, 6.07) is 7.81. The van der Waals surface area contributed by atoms with E-state index < -0.39 is 0 Å². The maximum absolute atomic E-state index is 12.5. The summed E-state index contributed by atoms with van der Waals surface area (Å²) in [7, 11) is 1.62. The molecule has 25 heavy (non-hydrogen) atoms. The zero-order valence-electron chi connectivity index (χ0n) is 14.9. The number of allylic oxidation sites excluding steroid dienone is 2. The number of benzene rings is 1. The van der Waals surface area contributed by atoms with Crippen LogP contribution in [0, 0.1) is 5.92 Å². The number of ketones is 1. The Hall–Kier alpha value is -2.30. The molecule has 3 rings (SSSR count). The molecular weight excluding hydrogens is 316 g/mol. The monoisotopic (exact) mass is 342 g/mol. The molecule has 1 saturated carbocycles. The summed E-state index contributed by atoms with van der Waals surface area (Å²) in [6.45, 7) is 1.91. The third-order valence-corrected chi connectivity index (χ3v) is 5.29. The summed E-state index contributed by atoms with van der Waals surface area (Å²) < 4.78 is 5.19. The maximum Gasteiger partial charge on any atom is 0.227 e. The van der Waals surface area contributed by atoms with Crippen molar-refractivity contribution >= 4 is 17.4 Å². The highest BCUT2D eigenvalue weighted by Crippen LogP contribution is 2.29. The third kappa shape index (κ3) is 4.21. The Morgan fingerprint density at radius 2 is 1.92 bits per heavy atom. The van der Waals surface area contributed by atoms with E-state index in [1.54, 1.807) is 7.11 Å². The third-order valence-electron chi connectivity index (χ3n) is 5.29. The number of hydrogen-bond acceptors (Lipinski definition) is 4. The second-order valence-corrected chi connectivity index (χ2v) is 6.94. The van der Waals surface area contributed by atoms with E-state index in [1.807, 2.05) is 31.2 Å². The van der Waals surface area contributed by atoms with Crippen LogP contribution >= 0.6 is 0 Å². The van der Waals surface area contributed by atoms with Crippen molar-refractivity contribution in [2.24, 2.45) is 5.92 Å². The molecular formula is C20H26N2O3. The van der Waals surface area contributed by atoms with Gasteiger partial charge in [-0.05, 0) is 51.2 Å². The molecule has 0 saturated heterocycles. The first-order chi connectivity index (χ1) is 12.1. The molecule has 5 heteroatoms. The molecule has 2 N–H and O–H groups in total. The quantitative estimate of drug-likeness (QED) is 0.860. The minimum absolute atomic E-state index is 0.0459. The van der Waals surface area contributed by atoms with Crippen LogP contribution in [0.2, 0.25) is 0 Å². The molecule has 1 fully saturated rings. The molecule has 0 spiro atoms. The van der Waals surface area contributed by atoms with Crippen molar-refractivity contribution in [3.63, 3.8) is 0 Å². The highest BCUT2D eigenvalue weighted by molar-refractivity contribution is 5.98. The van der Waals surface area contributed by atoms with Gasteiger partial charge in [-0.15, -0.1) is 0 Å². The number of carbonyl (C=O) groups excluding carboxylic acids is 2. The Labute approximate surface area is 148 Å². The van der Waals surface area contributed by atoms with Gasteiger partial charge in [-0.25, -0.2) is 0 Å². The van der Waals surface area contributed by atoms with Gasteiger partial charge in [0.25, 0.3) is 0 Å².